The van der Waals surface area contributed by atoms with Crippen LogP contribution < -0.4 is 20.5 Å². The SMILES string of the molecule is COc1cc2n(n1)-c1ccc(F)cc1C(C)Oc1cc(cnc1N)/C(NCC1CC1)=C(/N=N)C2. The highest BCUT2D eigenvalue weighted by atomic mass is 19.1. The van der Waals surface area contributed by atoms with E-state index in [0.29, 0.717) is 52.2 Å². The van der Waals surface area contributed by atoms with Gasteiger partial charge in [-0.3, -0.25) is 0 Å². The van der Waals surface area contributed by atoms with Crippen molar-refractivity contribution < 1.29 is 13.9 Å². The van der Waals surface area contributed by atoms with Crippen LogP contribution in [0, 0.1) is 17.3 Å². The number of anilines is 1. The number of methoxy groups -OCH3 is 1. The first-order chi connectivity index (χ1) is 16.5. The van der Waals surface area contributed by atoms with Gasteiger partial charge < -0.3 is 20.5 Å². The molecule has 34 heavy (non-hydrogen) atoms. The molecular weight excluding hydrogens is 437 g/mol. The predicted molar refractivity (Wildman–Crippen MR) is 124 cm³/mol. The number of halogens is 1. The van der Waals surface area contributed by atoms with E-state index in [9.17, 15) is 4.39 Å². The minimum Gasteiger partial charge on any atom is -0.482 e. The molecular formula is C24H26FN7O2. The molecule has 0 radical (unpaired) electrons. The Labute approximate surface area is 196 Å². The number of hydrogen-bond acceptors (Lipinski definition) is 8. The van der Waals surface area contributed by atoms with E-state index in [1.807, 2.05) is 6.92 Å². The summed E-state index contributed by atoms with van der Waals surface area (Å²) in [4.78, 5) is 4.32. The normalized spacial score (nSPS) is 19.7. The molecule has 2 aromatic heterocycles. The second-order valence-electron chi connectivity index (χ2n) is 8.59. The van der Waals surface area contributed by atoms with Crippen LogP contribution in [0.4, 0.5) is 10.2 Å². The van der Waals surface area contributed by atoms with Crippen LogP contribution in [-0.4, -0.2) is 28.4 Å². The van der Waals surface area contributed by atoms with Crippen LogP contribution in [0.1, 0.15) is 42.7 Å². The fourth-order valence-corrected chi connectivity index (χ4v) is 4.11. The van der Waals surface area contributed by atoms with Gasteiger partial charge in [-0.05, 0) is 49.9 Å². The van der Waals surface area contributed by atoms with Gasteiger partial charge in [-0.2, -0.15) is 5.11 Å². The van der Waals surface area contributed by atoms with Gasteiger partial charge in [-0.15, -0.1) is 5.10 Å². The maximum absolute atomic E-state index is 14.3. The molecule has 0 spiro atoms. The number of fused-ring (bicyclic) bond motifs is 5. The Kier molecular flexibility index (Phi) is 5.64. The summed E-state index contributed by atoms with van der Waals surface area (Å²) in [5.41, 5.74) is 17.9. The highest BCUT2D eigenvalue weighted by Crippen LogP contribution is 2.35. The number of rotatable bonds is 5. The standard InChI is InChI=1S/C24H26FN7O2/c1-13-18-8-16(25)5-6-20(18)32-17(10-22(31-32)33-2)9-19(30-27)23(28-11-14-3-4-14)15-7-21(34-13)24(26)29-12-15/h5-8,10,12-14,27-28H,3-4,9,11H2,1-2H3,(H2,26,29)/b23-19-,30-27?. The minimum atomic E-state index is -0.556. The van der Waals surface area contributed by atoms with E-state index in [1.165, 1.54) is 32.1 Å². The molecule has 4 N–H and O–H groups in total. The quantitative estimate of drug-likeness (QED) is 0.482. The van der Waals surface area contributed by atoms with E-state index < -0.39 is 11.9 Å². The Morgan fingerprint density at radius 1 is 1.32 bits per heavy atom. The monoisotopic (exact) mass is 463 g/mol. The molecule has 2 bridgehead atoms. The van der Waals surface area contributed by atoms with Gasteiger partial charge in [-0.1, -0.05) is 0 Å². The van der Waals surface area contributed by atoms with E-state index in [4.69, 9.17) is 20.7 Å². The first-order valence-corrected chi connectivity index (χ1v) is 11.2. The van der Waals surface area contributed by atoms with Crippen LogP contribution in [0.15, 0.2) is 47.3 Å². The lowest BCUT2D eigenvalue weighted by Gasteiger charge is -2.22. The molecule has 1 saturated carbocycles. The molecule has 3 aromatic rings. The van der Waals surface area contributed by atoms with Crippen molar-refractivity contribution in [3.63, 3.8) is 0 Å². The zero-order valence-electron chi connectivity index (χ0n) is 19.0. The van der Waals surface area contributed by atoms with E-state index >= 15 is 0 Å². The number of benzene rings is 1. The van der Waals surface area contributed by atoms with E-state index in [1.54, 1.807) is 29.1 Å². The molecule has 2 aliphatic rings. The Hall–Kier alpha value is -3.95. The van der Waals surface area contributed by atoms with Crippen molar-refractivity contribution in [3.05, 3.63) is 64.9 Å². The third-order valence-electron chi connectivity index (χ3n) is 6.14. The van der Waals surface area contributed by atoms with E-state index in [2.05, 4.69) is 20.5 Å². The number of ether oxygens (including phenoxy) is 2. The molecule has 1 unspecified atom stereocenters. The summed E-state index contributed by atoms with van der Waals surface area (Å²) < 4.78 is 27.6. The van der Waals surface area contributed by atoms with Crippen molar-refractivity contribution in [2.75, 3.05) is 19.4 Å². The smallest absolute Gasteiger partial charge is 0.233 e. The zero-order chi connectivity index (χ0) is 23.8. The fourth-order valence-electron chi connectivity index (χ4n) is 4.11. The Morgan fingerprint density at radius 3 is 2.88 bits per heavy atom. The number of nitrogens with one attached hydrogen (secondary N) is 2. The lowest BCUT2D eigenvalue weighted by molar-refractivity contribution is 0.226. The van der Waals surface area contributed by atoms with Crippen LogP contribution in [0.5, 0.6) is 11.6 Å². The van der Waals surface area contributed by atoms with Gasteiger partial charge in [0.1, 0.15) is 11.9 Å². The second kappa shape index (κ2) is 8.77. The van der Waals surface area contributed by atoms with Crippen LogP contribution in [-0.2, 0) is 6.42 Å². The zero-order valence-corrected chi connectivity index (χ0v) is 19.0. The molecule has 1 aromatic carbocycles. The minimum absolute atomic E-state index is 0.220. The molecule has 3 heterocycles. The predicted octanol–water partition coefficient (Wildman–Crippen LogP) is 4.39. The Morgan fingerprint density at radius 2 is 2.15 bits per heavy atom. The summed E-state index contributed by atoms with van der Waals surface area (Å²) in [5.74, 6) is 1.20. The van der Waals surface area contributed by atoms with Crippen molar-refractivity contribution in [2.24, 2.45) is 11.0 Å². The third kappa shape index (κ3) is 4.18. The lowest BCUT2D eigenvalue weighted by atomic mass is 10.1. The molecule has 0 amide bonds. The van der Waals surface area contributed by atoms with Crippen molar-refractivity contribution in [1.29, 1.82) is 5.53 Å². The maximum Gasteiger partial charge on any atom is 0.233 e. The number of nitrogen functional groups attached to an aromatic ring is 1. The third-order valence-corrected chi connectivity index (χ3v) is 6.14. The van der Waals surface area contributed by atoms with E-state index in [-0.39, 0.29) is 5.82 Å². The molecule has 9 nitrogen and oxygen atoms in total. The second-order valence-corrected chi connectivity index (χ2v) is 8.59. The van der Waals surface area contributed by atoms with Crippen LogP contribution >= 0.6 is 0 Å². The van der Waals surface area contributed by atoms with Crippen molar-refractivity contribution in [2.45, 2.75) is 32.3 Å². The van der Waals surface area contributed by atoms with Gasteiger partial charge in [-0.25, -0.2) is 19.6 Å². The van der Waals surface area contributed by atoms with Gasteiger partial charge in [0, 0.05) is 36.4 Å². The number of hydrogen-bond donors (Lipinski definition) is 3. The number of nitrogens with two attached hydrogens (primary N) is 1. The van der Waals surface area contributed by atoms with Crippen molar-refractivity contribution >= 4 is 11.5 Å². The molecule has 176 valence electrons. The summed E-state index contributed by atoms with van der Waals surface area (Å²) in [6, 6.07) is 8.03. The van der Waals surface area contributed by atoms with Crippen molar-refractivity contribution in [1.82, 2.24) is 20.1 Å². The molecule has 5 rings (SSSR count). The van der Waals surface area contributed by atoms with Gasteiger partial charge in [0.25, 0.3) is 0 Å². The lowest BCUT2D eigenvalue weighted by Crippen LogP contribution is -2.19. The molecule has 10 heteroatoms. The van der Waals surface area contributed by atoms with E-state index in [0.717, 1.165) is 12.2 Å². The average Bonchev–Trinajstić information content (AvgIpc) is 3.57. The van der Waals surface area contributed by atoms with Gasteiger partial charge >= 0.3 is 0 Å². The highest BCUT2D eigenvalue weighted by molar-refractivity contribution is 5.70. The fraction of sp³-hybridized carbons (Fsp3) is 0.333. The molecule has 0 saturated heterocycles. The Bertz CT molecular complexity index is 1280. The number of pyridine rings is 1. The molecule has 1 aliphatic carbocycles. The summed E-state index contributed by atoms with van der Waals surface area (Å²) in [7, 11) is 1.54. The number of allylic oxidation sites excluding steroid dienone is 1. The van der Waals surface area contributed by atoms with Gasteiger partial charge in [0.05, 0.1) is 29.9 Å². The van der Waals surface area contributed by atoms with Crippen LogP contribution in [0.2, 0.25) is 0 Å². The molecule has 1 aliphatic heterocycles. The number of nitrogens with zero attached hydrogens (tertiary/aromatic N) is 4. The topological polar surface area (TPSA) is 123 Å². The maximum atomic E-state index is 14.3. The summed E-state index contributed by atoms with van der Waals surface area (Å²) in [6.07, 6.45) is 3.73. The van der Waals surface area contributed by atoms with Crippen molar-refractivity contribution in [3.8, 4) is 17.3 Å². The largest absolute Gasteiger partial charge is 0.482 e. The van der Waals surface area contributed by atoms with Crippen LogP contribution in [0.3, 0.4) is 0 Å². The van der Waals surface area contributed by atoms with Gasteiger partial charge in [0.2, 0.25) is 5.88 Å². The van der Waals surface area contributed by atoms with Crippen LogP contribution in [0.25, 0.3) is 11.4 Å². The molecule has 1 atom stereocenters. The Balaban J connectivity index is 1.74. The number of aromatic nitrogens is 3. The molecule has 1 fully saturated rings. The summed E-state index contributed by atoms with van der Waals surface area (Å²) in [6.45, 7) is 2.60. The average molecular weight is 464 g/mol. The summed E-state index contributed by atoms with van der Waals surface area (Å²) in [5, 5.41) is 11.9. The summed E-state index contributed by atoms with van der Waals surface area (Å²) >= 11 is 0. The highest BCUT2D eigenvalue weighted by Gasteiger charge is 2.25. The van der Waals surface area contributed by atoms with Gasteiger partial charge in [0.15, 0.2) is 11.6 Å². The first-order valence-electron chi connectivity index (χ1n) is 11.2. The first kappa shape index (κ1) is 21.9.